The van der Waals surface area contributed by atoms with Crippen LogP contribution in [0.1, 0.15) is 40.9 Å². The lowest BCUT2D eigenvalue weighted by Gasteiger charge is -2.34. The summed E-state index contributed by atoms with van der Waals surface area (Å²) in [5, 5.41) is 19.4. The second-order valence-electron chi connectivity index (χ2n) is 8.11. The molecular weight excluding hydrogens is 412 g/mol. The minimum absolute atomic E-state index is 0.109. The molecule has 7 heteroatoms. The van der Waals surface area contributed by atoms with Crippen LogP contribution in [0.5, 0.6) is 0 Å². The number of carbonyl (C=O) groups is 1. The fourth-order valence-electron chi connectivity index (χ4n) is 4.12. The minimum Gasteiger partial charge on any atom is -0.393 e. The molecule has 4 rings (SSSR count). The Morgan fingerprint density at radius 1 is 1.10 bits per heavy atom. The van der Waals surface area contributed by atoms with Gasteiger partial charge in [0.15, 0.2) is 5.69 Å². The number of hydrogen-bond donors (Lipinski definition) is 1. The van der Waals surface area contributed by atoms with Crippen molar-refractivity contribution in [3.8, 4) is 0 Å². The first kappa shape index (κ1) is 21.5. The maximum Gasteiger partial charge on any atom is 0.276 e. The molecule has 6 nitrogen and oxygen atoms in total. The van der Waals surface area contributed by atoms with E-state index in [0.717, 1.165) is 31.2 Å². The highest BCUT2D eigenvalue weighted by molar-refractivity contribution is 6.31. The van der Waals surface area contributed by atoms with Crippen molar-refractivity contribution >= 4 is 17.5 Å². The summed E-state index contributed by atoms with van der Waals surface area (Å²) in [4.78, 5) is 14.7. The van der Waals surface area contributed by atoms with Crippen molar-refractivity contribution in [2.75, 3.05) is 13.1 Å². The molecule has 31 heavy (non-hydrogen) atoms. The zero-order chi connectivity index (χ0) is 21.6. The molecule has 0 aliphatic carbocycles. The van der Waals surface area contributed by atoms with Crippen LogP contribution in [-0.4, -0.2) is 50.1 Å². The highest BCUT2D eigenvalue weighted by atomic mass is 35.5. The zero-order valence-corrected chi connectivity index (χ0v) is 18.2. The van der Waals surface area contributed by atoms with Crippen LogP contribution in [0.3, 0.4) is 0 Å². The van der Waals surface area contributed by atoms with Gasteiger partial charge in [-0.25, -0.2) is 4.68 Å². The van der Waals surface area contributed by atoms with Gasteiger partial charge in [0.2, 0.25) is 0 Å². The molecule has 0 spiro atoms. The summed E-state index contributed by atoms with van der Waals surface area (Å²) in [6.45, 7) is 1.72. The normalized spacial score (nSPS) is 15.7. The van der Waals surface area contributed by atoms with Gasteiger partial charge in [0.05, 0.1) is 18.8 Å². The van der Waals surface area contributed by atoms with Crippen LogP contribution >= 0.6 is 11.6 Å². The molecule has 1 atom stereocenters. The second kappa shape index (κ2) is 10.1. The van der Waals surface area contributed by atoms with E-state index in [9.17, 15) is 9.90 Å². The Morgan fingerprint density at radius 2 is 1.81 bits per heavy atom. The monoisotopic (exact) mass is 438 g/mol. The number of nitrogens with zero attached hydrogens (tertiary/aromatic N) is 4. The summed E-state index contributed by atoms with van der Waals surface area (Å²) in [6, 6.07) is 17.8. The van der Waals surface area contributed by atoms with Gasteiger partial charge in [-0.1, -0.05) is 65.3 Å². The number of carbonyl (C=O) groups excluding carboxylic acids is 1. The number of rotatable bonds is 7. The Hall–Kier alpha value is -2.70. The number of aromatic nitrogens is 3. The van der Waals surface area contributed by atoms with E-state index in [4.69, 9.17) is 11.6 Å². The van der Waals surface area contributed by atoms with Crippen molar-refractivity contribution in [1.29, 1.82) is 0 Å². The van der Waals surface area contributed by atoms with Gasteiger partial charge in [-0.2, -0.15) is 0 Å². The van der Waals surface area contributed by atoms with Crippen LogP contribution in [0.4, 0.5) is 0 Å². The van der Waals surface area contributed by atoms with Crippen molar-refractivity contribution < 1.29 is 9.90 Å². The van der Waals surface area contributed by atoms with Crippen LogP contribution in [0.25, 0.3) is 0 Å². The smallest absolute Gasteiger partial charge is 0.276 e. The first-order valence-corrected chi connectivity index (χ1v) is 11.1. The molecule has 3 aromatic rings. The minimum atomic E-state index is -0.339. The van der Waals surface area contributed by atoms with Crippen molar-refractivity contribution in [1.82, 2.24) is 19.9 Å². The third kappa shape index (κ3) is 5.51. The summed E-state index contributed by atoms with van der Waals surface area (Å²) < 4.78 is 1.63. The van der Waals surface area contributed by atoms with E-state index < -0.39 is 0 Å². The molecule has 1 aliphatic heterocycles. The van der Waals surface area contributed by atoms with E-state index in [-0.39, 0.29) is 17.9 Å². The number of aliphatic hydroxyl groups excluding tert-OH is 1. The SMILES string of the molecule is O=C(c1cn(Cc2ccccc2Cl)nn1)N1CCC([C@@H](O)CCc2ccccc2)CC1. The largest absolute Gasteiger partial charge is 0.393 e. The van der Waals surface area contributed by atoms with Gasteiger partial charge in [-0.3, -0.25) is 4.79 Å². The average Bonchev–Trinajstić information content (AvgIpc) is 3.28. The molecule has 0 radical (unpaired) electrons. The first-order chi connectivity index (χ1) is 15.1. The zero-order valence-electron chi connectivity index (χ0n) is 17.4. The Balaban J connectivity index is 1.27. The standard InChI is InChI=1S/C24H27ClN4O2/c25-21-9-5-4-8-20(21)16-29-17-22(26-27-29)24(31)28-14-12-19(13-15-28)23(30)11-10-18-6-2-1-3-7-18/h1-9,17,19,23,30H,10-16H2/t23-/m0/s1. The summed E-state index contributed by atoms with van der Waals surface area (Å²) in [5.41, 5.74) is 2.52. The van der Waals surface area contributed by atoms with Gasteiger partial charge in [-0.15, -0.1) is 5.10 Å². The Morgan fingerprint density at radius 3 is 2.55 bits per heavy atom. The van der Waals surface area contributed by atoms with Crippen LogP contribution in [-0.2, 0) is 13.0 Å². The topological polar surface area (TPSA) is 71.2 Å². The van der Waals surface area contributed by atoms with Crippen LogP contribution in [0.15, 0.2) is 60.8 Å². The van der Waals surface area contributed by atoms with Gasteiger partial charge in [0, 0.05) is 18.1 Å². The van der Waals surface area contributed by atoms with Gasteiger partial charge in [0.1, 0.15) is 0 Å². The fraction of sp³-hybridized carbons (Fsp3) is 0.375. The van der Waals surface area contributed by atoms with Crippen molar-refractivity contribution in [3.05, 3.63) is 82.6 Å². The van der Waals surface area contributed by atoms with Crippen LogP contribution in [0, 0.1) is 5.92 Å². The number of likely N-dealkylation sites (tertiary alicyclic amines) is 1. The third-order valence-corrected chi connectivity index (χ3v) is 6.36. The van der Waals surface area contributed by atoms with Crippen molar-refractivity contribution in [2.24, 2.45) is 5.92 Å². The predicted octanol–water partition coefficient (Wildman–Crippen LogP) is 3.83. The van der Waals surface area contributed by atoms with Gasteiger partial charge < -0.3 is 10.0 Å². The Bertz CT molecular complexity index is 1000. The number of benzene rings is 2. The molecular formula is C24H27ClN4O2. The Labute approximate surface area is 187 Å². The summed E-state index contributed by atoms with van der Waals surface area (Å²) in [5.74, 6) is 0.117. The molecule has 0 saturated carbocycles. The van der Waals surface area contributed by atoms with E-state index in [1.165, 1.54) is 5.56 Å². The second-order valence-corrected chi connectivity index (χ2v) is 8.52. The molecule has 0 unspecified atom stereocenters. The highest BCUT2D eigenvalue weighted by Crippen LogP contribution is 2.24. The lowest BCUT2D eigenvalue weighted by atomic mass is 9.88. The lowest BCUT2D eigenvalue weighted by molar-refractivity contribution is 0.0433. The molecule has 2 aromatic carbocycles. The number of amides is 1. The van der Waals surface area contributed by atoms with Crippen molar-refractivity contribution in [2.45, 2.75) is 38.3 Å². The summed E-state index contributed by atoms with van der Waals surface area (Å²) >= 11 is 6.20. The summed E-state index contributed by atoms with van der Waals surface area (Å²) in [6.07, 6.45) is 4.56. The quantitative estimate of drug-likeness (QED) is 0.608. The van der Waals surface area contributed by atoms with E-state index in [1.807, 2.05) is 47.4 Å². The molecule has 1 saturated heterocycles. The molecule has 1 amide bonds. The van der Waals surface area contributed by atoms with E-state index >= 15 is 0 Å². The first-order valence-electron chi connectivity index (χ1n) is 10.7. The molecule has 2 heterocycles. The molecule has 1 N–H and O–H groups in total. The highest BCUT2D eigenvalue weighted by Gasteiger charge is 2.28. The maximum atomic E-state index is 12.8. The fourth-order valence-corrected chi connectivity index (χ4v) is 4.31. The number of aryl methyl sites for hydroxylation is 1. The Kier molecular flexibility index (Phi) is 6.99. The third-order valence-electron chi connectivity index (χ3n) is 5.99. The molecule has 1 aliphatic rings. The van der Waals surface area contributed by atoms with Crippen LogP contribution in [0.2, 0.25) is 5.02 Å². The average molecular weight is 439 g/mol. The lowest BCUT2D eigenvalue weighted by Crippen LogP contribution is -2.41. The van der Waals surface area contributed by atoms with Gasteiger partial charge in [0.25, 0.3) is 5.91 Å². The van der Waals surface area contributed by atoms with E-state index in [0.29, 0.717) is 30.4 Å². The van der Waals surface area contributed by atoms with E-state index in [2.05, 4.69) is 22.4 Å². The number of hydrogen-bond acceptors (Lipinski definition) is 4. The number of aliphatic hydroxyl groups is 1. The molecule has 0 bridgehead atoms. The summed E-state index contributed by atoms with van der Waals surface area (Å²) in [7, 11) is 0. The van der Waals surface area contributed by atoms with Crippen LogP contribution < -0.4 is 0 Å². The molecule has 1 aromatic heterocycles. The molecule has 1 fully saturated rings. The number of halogens is 1. The van der Waals surface area contributed by atoms with E-state index in [1.54, 1.807) is 10.9 Å². The van der Waals surface area contributed by atoms with Crippen molar-refractivity contribution in [3.63, 3.8) is 0 Å². The van der Waals surface area contributed by atoms with Gasteiger partial charge >= 0.3 is 0 Å². The number of piperidine rings is 1. The molecule has 162 valence electrons. The maximum absolute atomic E-state index is 12.8. The van der Waals surface area contributed by atoms with Gasteiger partial charge in [-0.05, 0) is 48.8 Å². The predicted molar refractivity (Wildman–Crippen MR) is 120 cm³/mol.